The lowest BCUT2D eigenvalue weighted by Crippen LogP contribution is -2.50. The molecule has 0 heterocycles. The molecule has 0 saturated heterocycles. The number of carbonyl (C=O) groups is 1. The maximum absolute atomic E-state index is 13.3. The molecule has 1 unspecified atom stereocenters. The van der Waals surface area contributed by atoms with Crippen molar-refractivity contribution < 1.29 is 33.4 Å². The number of aromatic hydroxyl groups is 1. The number of rotatable bonds is 10. The predicted octanol–water partition coefficient (Wildman–Crippen LogP) is 2.89. The van der Waals surface area contributed by atoms with Crippen molar-refractivity contribution >= 4 is 16.1 Å². The number of benzene rings is 2. The molecule has 1 aliphatic rings. The summed E-state index contributed by atoms with van der Waals surface area (Å²) in [6.07, 6.45) is 1.41. The quantitative estimate of drug-likeness (QED) is 0.386. The fourth-order valence-electron chi connectivity index (χ4n) is 3.86. The summed E-state index contributed by atoms with van der Waals surface area (Å²) in [5, 5.41) is 32.0. The number of carboxylic acid groups (broad SMARTS) is 1. The van der Waals surface area contributed by atoms with Gasteiger partial charge in [0.15, 0.2) is 0 Å². The van der Waals surface area contributed by atoms with Crippen molar-refractivity contribution in [1.82, 2.24) is 9.79 Å². The van der Waals surface area contributed by atoms with Crippen molar-refractivity contribution in [2.75, 3.05) is 6.54 Å². The predicted molar refractivity (Wildman–Crippen MR) is 121 cm³/mol. The normalized spacial score (nSPS) is 16.9. The van der Waals surface area contributed by atoms with E-state index in [4.69, 9.17) is 4.84 Å². The molecule has 9 nitrogen and oxygen atoms in total. The van der Waals surface area contributed by atoms with E-state index >= 15 is 0 Å². The second-order valence-corrected chi connectivity index (χ2v) is 9.99. The van der Waals surface area contributed by atoms with E-state index in [1.165, 1.54) is 24.3 Å². The summed E-state index contributed by atoms with van der Waals surface area (Å²) in [5.74, 6) is -0.0812. The third-order valence-electron chi connectivity index (χ3n) is 5.63. The first-order valence-corrected chi connectivity index (χ1v) is 12.4. The van der Waals surface area contributed by atoms with Gasteiger partial charge in [-0.05, 0) is 49.1 Å². The molecule has 1 aliphatic carbocycles. The zero-order valence-corrected chi connectivity index (χ0v) is 19.0. The summed E-state index contributed by atoms with van der Waals surface area (Å²) in [4.78, 5) is 17.1. The Morgan fingerprint density at radius 3 is 2.30 bits per heavy atom. The number of phenols is 1. The largest absolute Gasteiger partial charge is 0.508 e. The fraction of sp³-hybridized carbons (Fsp3) is 0.435. The molecule has 2 atom stereocenters. The standard InChI is InChI=1S/C23H30N2O7S/c26-18-11-13-20(14-12-18)33(30,31)25(32-19-9-5-2-6-10-19)16-22(27)21(24-23(28)29)15-17-7-3-1-4-8-17/h1,3-4,7-8,11-14,19,21-22,24,26-27H,2,5-6,9-10,15-16H2,(H,28,29)/t21?,22-/m1/s1. The lowest BCUT2D eigenvalue weighted by molar-refractivity contribution is -0.156. The highest BCUT2D eigenvalue weighted by molar-refractivity contribution is 7.89. The molecule has 1 fully saturated rings. The minimum absolute atomic E-state index is 0.0812. The van der Waals surface area contributed by atoms with Crippen LogP contribution in [0.15, 0.2) is 59.5 Å². The van der Waals surface area contributed by atoms with Crippen LogP contribution in [0.25, 0.3) is 0 Å². The van der Waals surface area contributed by atoms with Crippen LogP contribution in [0.1, 0.15) is 37.7 Å². The van der Waals surface area contributed by atoms with Gasteiger partial charge >= 0.3 is 6.09 Å². The molecular weight excluding hydrogens is 448 g/mol. The molecule has 0 radical (unpaired) electrons. The Morgan fingerprint density at radius 1 is 1.06 bits per heavy atom. The average molecular weight is 479 g/mol. The van der Waals surface area contributed by atoms with Crippen LogP contribution in [-0.4, -0.2) is 59.1 Å². The number of nitrogens with zero attached hydrogens (tertiary/aromatic N) is 1. The number of phenolic OH excluding ortho intramolecular Hbond substituents is 1. The lowest BCUT2D eigenvalue weighted by atomic mass is 9.98. The van der Waals surface area contributed by atoms with E-state index in [2.05, 4.69) is 5.32 Å². The van der Waals surface area contributed by atoms with E-state index in [1.807, 2.05) is 6.07 Å². The number of nitrogens with one attached hydrogen (secondary N) is 1. The fourth-order valence-corrected chi connectivity index (χ4v) is 5.16. The maximum Gasteiger partial charge on any atom is 0.404 e. The molecular formula is C23H30N2O7S. The summed E-state index contributed by atoms with van der Waals surface area (Å²) in [6, 6.07) is 13.1. The summed E-state index contributed by atoms with van der Waals surface area (Å²) in [6.45, 7) is -0.461. The van der Waals surface area contributed by atoms with Gasteiger partial charge in [-0.3, -0.25) is 4.84 Å². The number of amides is 1. The summed E-state index contributed by atoms with van der Waals surface area (Å²) >= 11 is 0. The van der Waals surface area contributed by atoms with Crippen molar-refractivity contribution in [3.8, 4) is 5.75 Å². The first-order valence-electron chi connectivity index (χ1n) is 11.0. The summed E-state index contributed by atoms with van der Waals surface area (Å²) in [7, 11) is -4.18. The molecule has 1 amide bonds. The van der Waals surface area contributed by atoms with Crippen LogP contribution >= 0.6 is 0 Å². The van der Waals surface area contributed by atoms with Crippen molar-refractivity contribution in [3.63, 3.8) is 0 Å². The SMILES string of the molecule is O=C(O)NC(Cc1ccccc1)[C@H](O)CN(OC1CCCCC1)S(=O)(=O)c1ccc(O)cc1. The second-order valence-electron chi connectivity index (χ2n) is 8.16. The zero-order valence-electron chi connectivity index (χ0n) is 18.2. The monoisotopic (exact) mass is 478 g/mol. The van der Waals surface area contributed by atoms with Crippen LogP contribution in [0.5, 0.6) is 5.75 Å². The van der Waals surface area contributed by atoms with Crippen molar-refractivity contribution in [2.45, 2.75) is 61.7 Å². The number of aliphatic hydroxyl groups excluding tert-OH is 1. The maximum atomic E-state index is 13.3. The Labute approximate surface area is 193 Å². The van der Waals surface area contributed by atoms with Gasteiger partial charge in [0, 0.05) is 0 Å². The molecule has 33 heavy (non-hydrogen) atoms. The van der Waals surface area contributed by atoms with E-state index in [-0.39, 0.29) is 23.2 Å². The first-order chi connectivity index (χ1) is 15.8. The average Bonchev–Trinajstić information content (AvgIpc) is 2.79. The summed E-state index contributed by atoms with van der Waals surface area (Å²) < 4.78 is 27.4. The highest BCUT2D eigenvalue weighted by Crippen LogP contribution is 2.26. The van der Waals surface area contributed by atoms with Gasteiger partial charge in [-0.1, -0.05) is 54.1 Å². The minimum Gasteiger partial charge on any atom is -0.508 e. The van der Waals surface area contributed by atoms with Gasteiger partial charge < -0.3 is 20.6 Å². The molecule has 3 rings (SSSR count). The smallest absolute Gasteiger partial charge is 0.404 e. The van der Waals surface area contributed by atoms with Crippen molar-refractivity contribution in [1.29, 1.82) is 0 Å². The van der Waals surface area contributed by atoms with Crippen LogP contribution < -0.4 is 5.32 Å². The van der Waals surface area contributed by atoms with Crippen molar-refractivity contribution in [3.05, 3.63) is 60.2 Å². The Morgan fingerprint density at radius 2 is 1.70 bits per heavy atom. The Hall–Kier alpha value is -2.66. The van der Waals surface area contributed by atoms with Gasteiger partial charge in [0.2, 0.25) is 0 Å². The molecule has 1 saturated carbocycles. The summed E-state index contributed by atoms with van der Waals surface area (Å²) in [5.41, 5.74) is 0.788. The Balaban J connectivity index is 1.84. The van der Waals surface area contributed by atoms with Gasteiger partial charge in [-0.15, -0.1) is 0 Å². The van der Waals surface area contributed by atoms with Crippen LogP contribution in [0.4, 0.5) is 4.79 Å². The lowest BCUT2D eigenvalue weighted by Gasteiger charge is -2.32. The molecule has 180 valence electrons. The van der Waals surface area contributed by atoms with Crippen LogP contribution in [0.3, 0.4) is 0 Å². The number of aliphatic hydroxyl groups is 1. The topological polar surface area (TPSA) is 136 Å². The highest BCUT2D eigenvalue weighted by Gasteiger charge is 2.34. The number of hydroxylamine groups is 1. The van der Waals surface area contributed by atoms with Gasteiger partial charge in [0.05, 0.1) is 29.7 Å². The molecule has 4 N–H and O–H groups in total. The second kappa shape index (κ2) is 11.5. The van der Waals surface area contributed by atoms with Crippen LogP contribution in [0, 0.1) is 0 Å². The third-order valence-corrected chi connectivity index (χ3v) is 7.27. The molecule has 0 spiro atoms. The molecule has 0 bridgehead atoms. The Kier molecular flexibility index (Phi) is 8.67. The van der Waals surface area contributed by atoms with E-state index in [1.54, 1.807) is 24.3 Å². The molecule has 2 aromatic carbocycles. The first kappa shape index (κ1) is 25.0. The van der Waals surface area contributed by atoms with E-state index < -0.39 is 34.8 Å². The van der Waals surface area contributed by atoms with E-state index in [0.29, 0.717) is 12.8 Å². The van der Waals surface area contributed by atoms with Gasteiger partial charge in [0.1, 0.15) is 5.75 Å². The van der Waals surface area contributed by atoms with E-state index in [0.717, 1.165) is 29.3 Å². The molecule has 0 aliphatic heterocycles. The molecule has 10 heteroatoms. The van der Waals surface area contributed by atoms with Gasteiger partial charge in [0.25, 0.3) is 10.0 Å². The molecule has 0 aromatic heterocycles. The van der Waals surface area contributed by atoms with E-state index in [9.17, 15) is 28.5 Å². The number of sulfonamides is 1. The number of hydrogen-bond donors (Lipinski definition) is 4. The highest BCUT2D eigenvalue weighted by atomic mass is 32.2. The van der Waals surface area contributed by atoms with Crippen molar-refractivity contribution in [2.24, 2.45) is 0 Å². The Bertz CT molecular complexity index is 993. The minimum atomic E-state index is -4.18. The number of hydrogen-bond acceptors (Lipinski definition) is 6. The molecule has 2 aromatic rings. The van der Waals surface area contributed by atoms with Gasteiger partial charge in [-0.25, -0.2) is 13.2 Å². The zero-order chi connectivity index (χ0) is 23.8. The third kappa shape index (κ3) is 7.16. The van der Waals surface area contributed by atoms with Gasteiger partial charge in [-0.2, -0.15) is 0 Å². The van der Waals surface area contributed by atoms with Crippen LogP contribution in [0.2, 0.25) is 0 Å². The van der Waals surface area contributed by atoms with Crippen LogP contribution in [-0.2, 0) is 21.3 Å².